The lowest BCUT2D eigenvalue weighted by Gasteiger charge is -2.28. The third-order valence-corrected chi connectivity index (χ3v) is 6.76. The van der Waals surface area contributed by atoms with Gasteiger partial charge in [0.25, 0.3) is 5.91 Å². The van der Waals surface area contributed by atoms with Crippen molar-refractivity contribution in [3.05, 3.63) is 35.4 Å². The van der Waals surface area contributed by atoms with E-state index in [1.807, 2.05) is 32.0 Å². The van der Waals surface area contributed by atoms with Crippen molar-refractivity contribution in [1.82, 2.24) is 15.5 Å². The number of benzene rings is 1. The second-order valence-electron chi connectivity index (χ2n) is 7.47. The van der Waals surface area contributed by atoms with Crippen LogP contribution in [0.3, 0.4) is 0 Å². The maximum atomic E-state index is 13.0. The number of thioether (sulfide) groups is 1. The maximum absolute atomic E-state index is 13.0. The molecule has 2 heterocycles. The summed E-state index contributed by atoms with van der Waals surface area (Å²) in [5.41, 5.74) is 1.59. The number of hydrogen-bond acceptors (Lipinski definition) is 5. The second kappa shape index (κ2) is 8.53. The summed E-state index contributed by atoms with van der Waals surface area (Å²) in [4.78, 5) is 40.1. The quantitative estimate of drug-likeness (QED) is 0.635. The van der Waals surface area contributed by atoms with Crippen LogP contribution in [-0.4, -0.2) is 58.2 Å². The number of aliphatic hydroxyl groups is 1. The molecule has 1 saturated heterocycles. The molecule has 0 unspecified atom stereocenters. The van der Waals surface area contributed by atoms with E-state index in [-0.39, 0.29) is 35.6 Å². The zero-order valence-corrected chi connectivity index (χ0v) is 17.2. The van der Waals surface area contributed by atoms with E-state index in [0.717, 1.165) is 5.56 Å². The topological polar surface area (TPSA) is 98.7 Å². The van der Waals surface area contributed by atoms with Gasteiger partial charge in [-0.2, -0.15) is 0 Å². The molecule has 3 amide bonds. The van der Waals surface area contributed by atoms with Crippen molar-refractivity contribution in [2.24, 2.45) is 5.92 Å². The zero-order chi connectivity index (χ0) is 20.4. The number of amides is 3. The van der Waals surface area contributed by atoms with Gasteiger partial charge in [-0.05, 0) is 24.5 Å². The molecule has 0 saturated carbocycles. The summed E-state index contributed by atoms with van der Waals surface area (Å²) in [6.45, 7) is 5.38. The highest BCUT2D eigenvalue weighted by molar-refractivity contribution is 7.99. The average molecular weight is 406 g/mol. The largest absolute Gasteiger partial charge is 0.394 e. The Hall–Kier alpha value is -2.06. The zero-order valence-electron chi connectivity index (χ0n) is 16.3. The van der Waals surface area contributed by atoms with Crippen LogP contribution in [0.15, 0.2) is 24.3 Å². The van der Waals surface area contributed by atoms with E-state index < -0.39 is 18.1 Å². The van der Waals surface area contributed by atoms with E-state index in [4.69, 9.17) is 0 Å². The number of aliphatic hydroxyl groups excluding tert-OH is 1. The predicted molar refractivity (Wildman–Crippen MR) is 108 cm³/mol. The first kappa shape index (κ1) is 20.7. The molecular formula is C20H27N3O4S. The van der Waals surface area contributed by atoms with Crippen LogP contribution < -0.4 is 10.6 Å². The fraction of sp³-hybridized carbons (Fsp3) is 0.550. The molecule has 0 spiro atoms. The Bertz CT molecular complexity index is 772. The molecule has 1 aromatic rings. The molecule has 7 nitrogen and oxygen atoms in total. The summed E-state index contributed by atoms with van der Waals surface area (Å²) < 4.78 is 0. The summed E-state index contributed by atoms with van der Waals surface area (Å²) in [7, 11) is 0. The summed E-state index contributed by atoms with van der Waals surface area (Å²) >= 11 is 1.57. The van der Waals surface area contributed by atoms with Crippen molar-refractivity contribution in [1.29, 1.82) is 0 Å². The van der Waals surface area contributed by atoms with Crippen LogP contribution in [0.2, 0.25) is 0 Å². The molecule has 28 heavy (non-hydrogen) atoms. The van der Waals surface area contributed by atoms with Crippen LogP contribution in [0.25, 0.3) is 0 Å². The van der Waals surface area contributed by atoms with Gasteiger partial charge in [-0.3, -0.25) is 14.4 Å². The molecule has 0 aromatic heterocycles. The van der Waals surface area contributed by atoms with E-state index >= 15 is 0 Å². The molecule has 0 aliphatic carbocycles. The van der Waals surface area contributed by atoms with Gasteiger partial charge < -0.3 is 20.6 Å². The van der Waals surface area contributed by atoms with Gasteiger partial charge in [0.2, 0.25) is 11.8 Å². The molecule has 152 valence electrons. The first-order valence-electron chi connectivity index (χ1n) is 9.63. The number of rotatable bonds is 7. The molecule has 3 rings (SSSR count). The van der Waals surface area contributed by atoms with E-state index in [1.54, 1.807) is 29.7 Å². The van der Waals surface area contributed by atoms with Gasteiger partial charge in [0.15, 0.2) is 0 Å². The molecule has 2 aliphatic rings. The van der Waals surface area contributed by atoms with E-state index in [9.17, 15) is 19.5 Å². The number of hydrogen-bond donors (Lipinski definition) is 3. The fourth-order valence-electron chi connectivity index (χ4n) is 3.57. The van der Waals surface area contributed by atoms with Crippen molar-refractivity contribution < 1.29 is 19.5 Å². The van der Waals surface area contributed by atoms with Crippen molar-refractivity contribution in [2.45, 2.75) is 50.7 Å². The fourth-order valence-corrected chi connectivity index (χ4v) is 5.04. The third-order valence-electron chi connectivity index (χ3n) is 5.45. The Morgan fingerprint density at radius 2 is 2.00 bits per heavy atom. The number of fused-ring (bicyclic) bond motifs is 3. The monoisotopic (exact) mass is 405 g/mol. The summed E-state index contributed by atoms with van der Waals surface area (Å²) in [5.74, 6) is -0.343. The predicted octanol–water partition coefficient (Wildman–Crippen LogP) is 1.28. The minimum absolute atomic E-state index is 0.0776. The smallest absolute Gasteiger partial charge is 0.256 e. The van der Waals surface area contributed by atoms with Crippen LogP contribution in [0.4, 0.5) is 0 Å². The molecule has 0 radical (unpaired) electrons. The SMILES string of the molecule is CC[C@H](C)[C@H](NC(=O)[C@H]1CS[C@@H]2c3ccccc3C(=O)N12)C(=O)N[C@@H](C)CO. The van der Waals surface area contributed by atoms with Crippen molar-refractivity contribution >= 4 is 29.5 Å². The highest BCUT2D eigenvalue weighted by Crippen LogP contribution is 2.48. The van der Waals surface area contributed by atoms with Crippen molar-refractivity contribution in [2.75, 3.05) is 12.4 Å². The van der Waals surface area contributed by atoms with E-state index in [1.165, 1.54) is 0 Å². The molecule has 2 aliphatic heterocycles. The lowest BCUT2D eigenvalue weighted by atomic mass is 9.97. The number of nitrogens with zero attached hydrogens (tertiary/aromatic N) is 1. The molecule has 1 fully saturated rings. The number of carbonyl (C=O) groups is 3. The lowest BCUT2D eigenvalue weighted by molar-refractivity contribution is -0.132. The van der Waals surface area contributed by atoms with Crippen LogP contribution >= 0.6 is 11.8 Å². The van der Waals surface area contributed by atoms with Crippen LogP contribution in [0.1, 0.15) is 48.5 Å². The Balaban J connectivity index is 1.74. The second-order valence-corrected chi connectivity index (χ2v) is 8.58. The molecule has 1 aromatic carbocycles. The van der Waals surface area contributed by atoms with Gasteiger partial charge in [0.1, 0.15) is 17.5 Å². The Labute approximate surface area is 169 Å². The first-order chi connectivity index (χ1) is 13.4. The summed E-state index contributed by atoms with van der Waals surface area (Å²) in [6.07, 6.45) is 0.710. The molecule has 5 atom stereocenters. The van der Waals surface area contributed by atoms with Gasteiger partial charge >= 0.3 is 0 Å². The first-order valence-corrected chi connectivity index (χ1v) is 10.7. The summed E-state index contributed by atoms with van der Waals surface area (Å²) in [5, 5.41) is 14.6. The number of carbonyl (C=O) groups excluding carboxylic acids is 3. The van der Waals surface area contributed by atoms with E-state index in [2.05, 4.69) is 10.6 Å². The standard InChI is InChI=1S/C20H27N3O4S/c1-4-11(2)16(18(26)21-12(3)9-24)22-17(25)15-10-28-20-14-8-6-5-7-13(14)19(27)23(15)20/h5-8,11-12,15-16,20,24H,4,9-10H2,1-3H3,(H,21,26)(H,22,25)/t11-,12-,15+,16-,20+/m0/s1. The third kappa shape index (κ3) is 3.75. The maximum Gasteiger partial charge on any atom is 0.256 e. The van der Waals surface area contributed by atoms with Crippen LogP contribution in [0.5, 0.6) is 0 Å². The minimum Gasteiger partial charge on any atom is -0.394 e. The van der Waals surface area contributed by atoms with Gasteiger partial charge in [-0.25, -0.2) is 0 Å². The average Bonchev–Trinajstić information content (AvgIpc) is 3.25. The molecule has 8 heteroatoms. The minimum atomic E-state index is -0.712. The number of nitrogens with one attached hydrogen (secondary N) is 2. The highest BCUT2D eigenvalue weighted by atomic mass is 32.2. The van der Waals surface area contributed by atoms with Crippen molar-refractivity contribution in [3.8, 4) is 0 Å². The van der Waals surface area contributed by atoms with Crippen molar-refractivity contribution in [3.63, 3.8) is 0 Å². The Morgan fingerprint density at radius 3 is 2.68 bits per heavy atom. The molecule has 3 N–H and O–H groups in total. The molecule has 0 bridgehead atoms. The lowest BCUT2D eigenvalue weighted by Crippen LogP contribution is -2.56. The van der Waals surface area contributed by atoms with Gasteiger partial charge in [-0.15, -0.1) is 11.8 Å². The Morgan fingerprint density at radius 1 is 1.29 bits per heavy atom. The van der Waals surface area contributed by atoms with Gasteiger partial charge in [0, 0.05) is 17.4 Å². The van der Waals surface area contributed by atoms with Crippen LogP contribution in [0, 0.1) is 5.92 Å². The van der Waals surface area contributed by atoms with E-state index in [0.29, 0.717) is 17.7 Å². The highest BCUT2D eigenvalue weighted by Gasteiger charge is 2.48. The van der Waals surface area contributed by atoms with Gasteiger partial charge in [0.05, 0.1) is 6.61 Å². The normalized spacial score (nSPS) is 23.6. The van der Waals surface area contributed by atoms with Gasteiger partial charge in [-0.1, -0.05) is 38.5 Å². The summed E-state index contributed by atoms with van der Waals surface area (Å²) in [6, 6.07) is 5.73. The van der Waals surface area contributed by atoms with Crippen LogP contribution in [-0.2, 0) is 9.59 Å². The Kier molecular flexibility index (Phi) is 6.30. The molecular weight excluding hydrogens is 378 g/mol.